The number of primary sulfonamides is 1. The second kappa shape index (κ2) is 9.61. The highest BCUT2D eigenvalue weighted by Crippen LogP contribution is 2.35. The van der Waals surface area contributed by atoms with Crippen LogP contribution in [0.15, 0.2) is 42.5 Å². The molecule has 0 fully saturated rings. The average Bonchev–Trinajstić information content (AvgIpc) is 3.11. The summed E-state index contributed by atoms with van der Waals surface area (Å²) in [7, 11) is -7.82. The molecule has 0 aliphatic rings. The van der Waals surface area contributed by atoms with Crippen LogP contribution in [0.1, 0.15) is 23.6 Å². The van der Waals surface area contributed by atoms with Crippen molar-refractivity contribution in [2.45, 2.75) is 18.6 Å². The van der Waals surface area contributed by atoms with Crippen LogP contribution in [-0.4, -0.2) is 45.8 Å². The minimum absolute atomic E-state index is 0.0290. The van der Waals surface area contributed by atoms with Gasteiger partial charge in [-0.15, -0.1) is 11.3 Å². The second-order valence-corrected chi connectivity index (χ2v) is 12.1. The summed E-state index contributed by atoms with van der Waals surface area (Å²) in [5.41, 5.74) is 1.34. The Morgan fingerprint density at radius 3 is 2.44 bits per heavy atom. The molecule has 1 atom stereocenters. The lowest BCUT2D eigenvalue weighted by Crippen LogP contribution is -2.38. The highest BCUT2D eigenvalue weighted by molar-refractivity contribution is 7.92. The van der Waals surface area contributed by atoms with Crippen LogP contribution in [0.5, 0.6) is 0 Å². The quantitative estimate of drug-likeness (QED) is 0.464. The van der Waals surface area contributed by atoms with Crippen molar-refractivity contribution in [1.82, 2.24) is 10.3 Å². The predicted molar refractivity (Wildman–Crippen MR) is 123 cm³/mol. The first kappa shape index (κ1) is 24.2. The van der Waals surface area contributed by atoms with E-state index in [1.165, 1.54) is 6.07 Å². The van der Waals surface area contributed by atoms with Gasteiger partial charge in [-0.1, -0.05) is 37.3 Å². The van der Waals surface area contributed by atoms with Gasteiger partial charge in [0.2, 0.25) is 15.9 Å². The van der Waals surface area contributed by atoms with Gasteiger partial charge in [0.1, 0.15) is 10.5 Å². The van der Waals surface area contributed by atoms with Crippen molar-refractivity contribution in [1.29, 1.82) is 0 Å². The number of sulfone groups is 1. The molecule has 2 aromatic carbocycles. The summed E-state index contributed by atoms with van der Waals surface area (Å²) in [4.78, 5) is 16.9. The van der Waals surface area contributed by atoms with Crippen molar-refractivity contribution in [3.8, 4) is 11.1 Å². The summed E-state index contributed by atoms with van der Waals surface area (Å²) >= 11 is 0.914. The van der Waals surface area contributed by atoms with Crippen LogP contribution in [-0.2, 0) is 24.7 Å². The van der Waals surface area contributed by atoms with E-state index in [0.717, 1.165) is 16.9 Å². The molecule has 12 heteroatoms. The molecule has 3 aromatic rings. The van der Waals surface area contributed by atoms with Gasteiger partial charge in [0, 0.05) is 6.54 Å². The predicted octanol–water partition coefficient (Wildman–Crippen LogP) is 2.37. The van der Waals surface area contributed by atoms with Crippen molar-refractivity contribution < 1.29 is 26.0 Å². The number of benzene rings is 2. The summed E-state index contributed by atoms with van der Waals surface area (Å²) in [5, 5.41) is 5.46. The lowest BCUT2D eigenvalue weighted by molar-refractivity contribution is -0.120. The summed E-state index contributed by atoms with van der Waals surface area (Å²) < 4.78 is 63.1. The fraction of sp³-hybridized carbons (Fsp3) is 0.300. The first-order chi connectivity index (χ1) is 15.0. The number of nitrogens with zero attached hydrogens (tertiary/aromatic N) is 1. The van der Waals surface area contributed by atoms with Crippen LogP contribution in [0, 0.1) is 5.82 Å². The third-order valence-corrected chi connectivity index (χ3v) is 8.69. The van der Waals surface area contributed by atoms with E-state index in [9.17, 15) is 26.0 Å². The van der Waals surface area contributed by atoms with E-state index < -0.39 is 42.6 Å². The maximum Gasteiger partial charge on any atom is 0.245 e. The van der Waals surface area contributed by atoms with Gasteiger partial charge in [-0.05, 0) is 29.7 Å². The standard InChI is InChI=1S/C20H22FN3O5S3/c1-2-9-31(26,27)18(19(25)23-8-10-32(22,28)29)20-24-17-15(21)11-14(12-16(17)30-20)13-6-4-3-5-7-13/h3-7,11-12,18H,2,8-10H2,1H3,(H,23,25)(H2,22,28,29). The topological polar surface area (TPSA) is 136 Å². The number of aromatic nitrogens is 1. The second-order valence-electron chi connectivity index (χ2n) is 7.13. The first-order valence-corrected chi connectivity index (χ1v) is 13.9. The molecule has 32 heavy (non-hydrogen) atoms. The van der Waals surface area contributed by atoms with E-state index in [0.29, 0.717) is 10.3 Å². The molecule has 0 spiro atoms. The zero-order chi connectivity index (χ0) is 23.5. The molecule has 0 saturated carbocycles. The Hall–Kier alpha value is -2.41. The van der Waals surface area contributed by atoms with Gasteiger partial charge in [-0.25, -0.2) is 31.3 Å². The molecule has 8 nitrogen and oxygen atoms in total. The van der Waals surface area contributed by atoms with Gasteiger partial charge in [0.05, 0.1) is 16.2 Å². The van der Waals surface area contributed by atoms with Crippen LogP contribution in [0.3, 0.4) is 0 Å². The van der Waals surface area contributed by atoms with Crippen LogP contribution >= 0.6 is 11.3 Å². The number of fused-ring (bicyclic) bond motifs is 1. The summed E-state index contributed by atoms with van der Waals surface area (Å²) in [5.74, 6) is -2.39. The van der Waals surface area contributed by atoms with Crippen molar-refractivity contribution in [3.63, 3.8) is 0 Å². The third-order valence-electron chi connectivity index (χ3n) is 4.57. The van der Waals surface area contributed by atoms with E-state index in [-0.39, 0.29) is 29.2 Å². The van der Waals surface area contributed by atoms with Crippen LogP contribution in [0.4, 0.5) is 4.39 Å². The largest absolute Gasteiger partial charge is 0.354 e. The van der Waals surface area contributed by atoms with E-state index in [4.69, 9.17) is 5.14 Å². The summed E-state index contributed by atoms with van der Waals surface area (Å²) in [6.07, 6.45) is 0.265. The van der Waals surface area contributed by atoms with E-state index in [2.05, 4.69) is 10.3 Å². The molecule has 0 saturated heterocycles. The molecule has 0 aliphatic carbocycles. The number of carbonyl (C=O) groups excluding carboxylic acids is 1. The molecule has 1 amide bonds. The molecular weight excluding hydrogens is 477 g/mol. The highest BCUT2D eigenvalue weighted by Gasteiger charge is 2.36. The number of amides is 1. The number of hydrogen-bond acceptors (Lipinski definition) is 7. The normalized spacial score (nSPS) is 13.2. The molecule has 3 N–H and O–H groups in total. The Balaban J connectivity index is 2.03. The van der Waals surface area contributed by atoms with E-state index in [1.54, 1.807) is 13.0 Å². The zero-order valence-corrected chi connectivity index (χ0v) is 19.6. The maximum atomic E-state index is 14.8. The molecule has 0 radical (unpaired) electrons. The number of carbonyl (C=O) groups is 1. The van der Waals surface area contributed by atoms with Gasteiger partial charge < -0.3 is 5.32 Å². The SMILES string of the molecule is CCCS(=O)(=O)C(C(=O)NCCS(N)(=O)=O)c1nc2c(F)cc(-c3ccccc3)cc2s1. The van der Waals surface area contributed by atoms with Crippen molar-refractivity contribution in [3.05, 3.63) is 53.3 Å². The molecule has 3 rings (SSSR count). The number of sulfonamides is 1. The fourth-order valence-electron chi connectivity index (χ4n) is 3.16. The fourth-order valence-corrected chi connectivity index (χ4v) is 6.70. The highest BCUT2D eigenvalue weighted by atomic mass is 32.2. The van der Waals surface area contributed by atoms with E-state index in [1.807, 2.05) is 30.3 Å². The molecular formula is C20H22FN3O5S3. The first-order valence-electron chi connectivity index (χ1n) is 9.67. The van der Waals surface area contributed by atoms with Crippen LogP contribution in [0.2, 0.25) is 0 Å². The van der Waals surface area contributed by atoms with Crippen LogP contribution in [0.25, 0.3) is 21.3 Å². The number of nitrogens with one attached hydrogen (secondary N) is 1. The van der Waals surface area contributed by atoms with Crippen molar-refractivity contribution >= 4 is 47.3 Å². The number of hydrogen-bond donors (Lipinski definition) is 2. The van der Waals surface area contributed by atoms with Crippen LogP contribution < -0.4 is 10.5 Å². The summed E-state index contributed by atoms with van der Waals surface area (Å²) in [6.45, 7) is 1.30. The Kier molecular flexibility index (Phi) is 7.28. The lowest BCUT2D eigenvalue weighted by atomic mass is 10.1. The van der Waals surface area contributed by atoms with Gasteiger partial charge in [0.25, 0.3) is 0 Å². The molecule has 1 heterocycles. The monoisotopic (exact) mass is 499 g/mol. The number of rotatable bonds is 9. The molecule has 1 unspecified atom stereocenters. The Bertz CT molecular complexity index is 1340. The Morgan fingerprint density at radius 1 is 1.12 bits per heavy atom. The van der Waals surface area contributed by atoms with Crippen molar-refractivity contribution in [2.24, 2.45) is 5.14 Å². The number of halogens is 1. The summed E-state index contributed by atoms with van der Waals surface area (Å²) in [6, 6.07) is 12.1. The molecule has 0 aliphatic heterocycles. The Morgan fingerprint density at radius 2 is 1.81 bits per heavy atom. The smallest absolute Gasteiger partial charge is 0.245 e. The molecule has 0 bridgehead atoms. The van der Waals surface area contributed by atoms with E-state index >= 15 is 0 Å². The lowest BCUT2D eigenvalue weighted by Gasteiger charge is -2.15. The average molecular weight is 500 g/mol. The van der Waals surface area contributed by atoms with Gasteiger partial charge in [-0.3, -0.25) is 4.79 Å². The van der Waals surface area contributed by atoms with Gasteiger partial charge in [-0.2, -0.15) is 0 Å². The zero-order valence-electron chi connectivity index (χ0n) is 17.1. The number of nitrogens with two attached hydrogens (primary N) is 1. The Labute approximate surface area is 189 Å². The molecule has 172 valence electrons. The minimum atomic E-state index is -3.98. The number of thiazole rings is 1. The third kappa shape index (κ3) is 5.68. The van der Waals surface area contributed by atoms with Gasteiger partial charge >= 0.3 is 0 Å². The van der Waals surface area contributed by atoms with Crippen molar-refractivity contribution in [2.75, 3.05) is 18.1 Å². The maximum absolute atomic E-state index is 14.8. The van der Waals surface area contributed by atoms with Gasteiger partial charge in [0.15, 0.2) is 20.9 Å². The molecule has 1 aromatic heterocycles. The minimum Gasteiger partial charge on any atom is -0.354 e.